The minimum Gasteiger partial charge on any atom is -0.0776 e. The molecule has 0 aliphatic rings. The molecule has 3 aromatic rings. The van der Waals surface area contributed by atoms with E-state index in [1.54, 1.807) is 0 Å². The molecule has 3 rings (SSSR count). The van der Waals surface area contributed by atoms with Crippen LogP contribution >= 0.6 is 0 Å². The summed E-state index contributed by atoms with van der Waals surface area (Å²) in [6, 6.07) is 21.4. The van der Waals surface area contributed by atoms with Crippen LogP contribution in [0.1, 0.15) is 21.3 Å². The molecule has 0 bridgehead atoms. The van der Waals surface area contributed by atoms with Gasteiger partial charge < -0.3 is 0 Å². The van der Waals surface area contributed by atoms with Crippen LogP contribution in [0.15, 0.2) is 60.7 Å². The highest BCUT2D eigenvalue weighted by atomic mass is 14.0. The number of hydrogen-bond donors (Lipinski definition) is 0. The van der Waals surface area contributed by atoms with Crippen molar-refractivity contribution in [1.82, 2.24) is 0 Å². The second-order valence-corrected chi connectivity index (χ2v) is 3.51. The fourth-order valence-electron chi connectivity index (χ4n) is 1.95. The molecule has 88 valence electrons. The molecule has 0 aliphatic carbocycles. The highest BCUT2D eigenvalue weighted by Crippen LogP contribution is 2.24. The number of hydrogen-bond acceptors (Lipinski definition) is 0. The Morgan fingerprint density at radius 2 is 0.882 bits per heavy atom. The number of fused-ring (bicyclic) bond motifs is 3. The Hall–Kier alpha value is -1.82. The van der Waals surface area contributed by atoms with Crippen molar-refractivity contribution in [3.63, 3.8) is 0 Å². The van der Waals surface area contributed by atoms with Gasteiger partial charge in [0.2, 0.25) is 0 Å². The molecule has 0 fully saturated rings. The highest BCUT2D eigenvalue weighted by Gasteiger charge is 1.97. The Morgan fingerprint density at radius 3 is 1.29 bits per heavy atom. The third-order valence-corrected chi connectivity index (χ3v) is 2.65. The molecule has 0 heterocycles. The molecular formula is C17H20. The normalized spacial score (nSPS) is 9.29. The Labute approximate surface area is 104 Å². The average molecular weight is 224 g/mol. The van der Waals surface area contributed by atoms with E-state index in [2.05, 4.69) is 60.7 Å². The van der Waals surface area contributed by atoms with Gasteiger partial charge in [-0.2, -0.15) is 0 Å². The number of benzene rings is 3. The fourth-order valence-corrected chi connectivity index (χ4v) is 1.95. The van der Waals surface area contributed by atoms with E-state index in [4.69, 9.17) is 0 Å². The van der Waals surface area contributed by atoms with Crippen molar-refractivity contribution in [3.05, 3.63) is 60.7 Å². The van der Waals surface area contributed by atoms with Gasteiger partial charge in [-0.25, -0.2) is 0 Å². The van der Waals surface area contributed by atoms with Gasteiger partial charge in [-0.3, -0.25) is 0 Å². The van der Waals surface area contributed by atoms with Crippen molar-refractivity contribution in [2.24, 2.45) is 0 Å². The third-order valence-electron chi connectivity index (χ3n) is 2.65. The van der Waals surface area contributed by atoms with E-state index >= 15 is 0 Å². The van der Waals surface area contributed by atoms with Crippen LogP contribution < -0.4 is 0 Å². The van der Waals surface area contributed by atoms with Gasteiger partial charge in [0.15, 0.2) is 0 Å². The Balaban J connectivity index is 0.000000459. The van der Waals surface area contributed by atoms with E-state index in [0.29, 0.717) is 0 Å². The minimum atomic E-state index is 0. The van der Waals surface area contributed by atoms with Crippen molar-refractivity contribution in [2.75, 3.05) is 0 Å². The van der Waals surface area contributed by atoms with Gasteiger partial charge in [-0.15, -0.1) is 0 Å². The SMILES string of the molecule is C.CC.c1ccc2c(c1)ccc1ccccc12. The molecule has 0 heteroatoms. The van der Waals surface area contributed by atoms with Crippen molar-refractivity contribution in [3.8, 4) is 0 Å². The quantitative estimate of drug-likeness (QED) is 0.432. The van der Waals surface area contributed by atoms with E-state index in [9.17, 15) is 0 Å². The molecule has 0 saturated carbocycles. The van der Waals surface area contributed by atoms with Crippen LogP contribution in [-0.2, 0) is 0 Å². The molecule has 0 radical (unpaired) electrons. The first-order valence-corrected chi connectivity index (χ1v) is 5.82. The summed E-state index contributed by atoms with van der Waals surface area (Å²) in [6.45, 7) is 4.00. The molecule has 0 aliphatic heterocycles. The smallest absolute Gasteiger partial charge is 0.0105 e. The maximum Gasteiger partial charge on any atom is -0.0105 e. The van der Waals surface area contributed by atoms with Gasteiger partial charge in [0.25, 0.3) is 0 Å². The van der Waals surface area contributed by atoms with E-state index < -0.39 is 0 Å². The first-order valence-electron chi connectivity index (χ1n) is 5.82. The van der Waals surface area contributed by atoms with E-state index in [-0.39, 0.29) is 7.43 Å². The molecule has 0 spiro atoms. The molecule has 3 aromatic carbocycles. The van der Waals surface area contributed by atoms with Crippen LogP contribution in [0.4, 0.5) is 0 Å². The molecule has 0 unspecified atom stereocenters. The Morgan fingerprint density at radius 1 is 0.529 bits per heavy atom. The lowest BCUT2D eigenvalue weighted by molar-refractivity contribution is 1.50. The minimum absolute atomic E-state index is 0. The van der Waals surface area contributed by atoms with Crippen molar-refractivity contribution < 1.29 is 0 Å². The standard InChI is InChI=1S/C14H10.C2H6.CH4/c1-3-7-13-11(5-1)9-10-12-6-2-4-8-14(12)13;1-2;/h1-10H;1-2H3;1H4. The lowest BCUT2D eigenvalue weighted by atomic mass is 10.0. The van der Waals surface area contributed by atoms with Crippen LogP contribution in [0, 0.1) is 0 Å². The van der Waals surface area contributed by atoms with Crippen LogP contribution in [-0.4, -0.2) is 0 Å². The topological polar surface area (TPSA) is 0 Å². The third kappa shape index (κ3) is 2.47. The first-order chi connectivity index (χ1) is 7.95. The zero-order chi connectivity index (χ0) is 11.4. The predicted octanol–water partition coefficient (Wildman–Crippen LogP) is 5.66. The lowest BCUT2D eigenvalue weighted by Crippen LogP contribution is -1.75. The van der Waals surface area contributed by atoms with Gasteiger partial charge in [-0.1, -0.05) is 81.9 Å². The molecule has 0 amide bonds. The molecule has 0 atom stereocenters. The molecule has 0 N–H and O–H groups in total. The summed E-state index contributed by atoms with van der Waals surface area (Å²) in [5.74, 6) is 0. The van der Waals surface area contributed by atoms with Crippen LogP contribution in [0.2, 0.25) is 0 Å². The largest absolute Gasteiger partial charge is 0.0776 e. The predicted molar refractivity (Wildman–Crippen MR) is 79.5 cm³/mol. The maximum absolute atomic E-state index is 2.18. The summed E-state index contributed by atoms with van der Waals surface area (Å²) in [4.78, 5) is 0. The first kappa shape index (κ1) is 13.2. The summed E-state index contributed by atoms with van der Waals surface area (Å²) in [7, 11) is 0. The molecule has 0 nitrogen and oxygen atoms in total. The van der Waals surface area contributed by atoms with E-state index in [1.165, 1.54) is 21.5 Å². The van der Waals surface area contributed by atoms with Crippen LogP contribution in [0.5, 0.6) is 0 Å². The average Bonchev–Trinajstić information content (AvgIpc) is 2.41. The van der Waals surface area contributed by atoms with Crippen LogP contribution in [0.3, 0.4) is 0 Å². The molecular weight excluding hydrogens is 204 g/mol. The summed E-state index contributed by atoms with van der Waals surface area (Å²) in [6.07, 6.45) is 0. The van der Waals surface area contributed by atoms with Crippen molar-refractivity contribution in [1.29, 1.82) is 0 Å². The second-order valence-electron chi connectivity index (χ2n) is 3.51. The summed E-state index contributed by atoms with van der Waals surface area (Å²) in [5, 5.41) is 5.30. The molecule has 0 aromatic heterocycles. The van der Waals surface area contributed by atoms with E-state index in [1.807, 2.05) is 13.8 Å². The summed E-state index contributed by atoms with van der Waals surface area (Å²) >= 11 is 0. The van der Waals surface area contributed by atoms with E-state index in [0.717, 1.165) is 0 Å². The summed E-state index contributed by atoms with van der Waals surface area (Å²) < 4.78 is 0. The monoisotopic (exact) mass is 224 g/mol. The molecule has 0 saturated heterocycles. The Bertz CT molecular complexity index is 539. The fraction of sp³-hybridized carbons (Fsp3) is 0.176. The zero-order valence-electron chi connectivity index (χ0n) is 9.77. The van der Waals surface area contributed by atoms with Gasteiger partial charge in [0.1, 0.15) is 0 Å². The van der Waals surface area contributed by atoms with Gasteiger partial charge >= 0.3 is 0 Å². The summed E-state index contributed by atoms with van der Waals surface area (Å²) in [5.41, 5.74) is 0. The van der Waals surface area contributed by atoms with Gasteiger partial charge in [0.05, 0.1) is 0 Å². The maximum atomic E-state index is 2.18. The van der Waals surface area contributed by atoms with Gasteiger partial charge in [-0.05, 0) is 21.5 Å². The number of rotatable bonds is 0. The van der Waals surface area contributed by atoms with Gasteiger partial charge in [0, 0.05) is 0 Å². The second kappa shape index (κ2) is 6.05. The molecule has 17 heavy (non-hydrogen) atoms. The van der Waals surface area contributed by atoms with Crippen LogP contribution in [0.25, 0.3) is 21.5 Å². The zero-order valence-corrected chi connectivity index (χ0v) is 9.77. The van der Waals surface area contributed by atoms with Crippen molar-refractivity contribution >= 4 is 21.5 Å². The van der Waals surface area contributed by atoms with Crippen molar-refractivity contribution in [2.45, 2.75) is 21.3 Å². The highest BCUT2D eigenvalue weighted by molar-refractivity contribution is 6.07. The lowest BCUT2D eigenvalue weighted by Gasteiger charge is -2.02. The Kier molecular flexibility index (Phi) is 4.71.